The molecule has 0 saturated carbocycles. The Morgan fingerprint density at radius 2 is 1.92 bits per heavy atom. The van der Waals surface area contributed by atoms with E-state index >= 15 is 0 Å². The SMILES string of the molecule is CCCC1CCCN(C(=O)NC(C)c2cc(OC)c(OC)cc2C)CC1. The molecule has 1 N–H and O–H groups in total. The first-order valence-electron chi connectivity index (χ1n) is 9.78. The van der Waals surface area contributed by atoms with E-state index in [1.807, 2.05) is 30.9 Å². The van der Waals surface area contributed by atoms with Crippen LogP contribution in [0.2, 0.25) is 0 Å². The van der Waals surface area contributed by atoms with Gasteiger partial charge in [0.05, 0.1) is 20.3 Å². The number of hydrogen-bond donors (Lipinski definition) is 1. The average molecular weight is 363 g/mol. The summed E-state index contributed by atoms with van der Waals surface area (Å²) in [5, 5.41) is 3.16. The number of benzene rings is 1. The van der Waals surface area contributed by atoms with Gasteiger partial charge in [-0.1, -0.05) is 19.8 Å². The third kappa shape index (κ3) is 5.05. The van der Waals surface area contributed by atoms with Crippen molar-refractivity contribution in [3.8, 4) is 11.5 Å². The van der Waals surface area contributed by atoms with E-state index < -0.39 is 0 Å². The number of carbonyl (C=O) groups excluding carboxylic acids is 1. The summed E-state index contributed by atoms with van der Waals surface area (Å²) in [5.41, 5.74) is 2.13. The first-order chi connectivity index (χ1) is 12.5. The molecule has 2 atom stereocenters. The molecule has 1 heterocycles. The maximum absolute atomic E-state index is 12.7. The lowest BCUT2D eigenvalue weighted by Gasteiger charge is -2.25. The molecule has 0 spiro atoms. The number of methoxy groups -OCH3 is 2. The van der Waals surface area contributed by atoms with Crippen LogP contribution in [0.3, 0.4) is 0 Å². The van der Waals surface area contributed by atoms with Crippen molar-refractivity contribution in [2.24, 2.45) is 5.92 Å². The van der Waals surface area contributed by atoms with Crippen molar-refractivity contribution in [2.75, 3.05) is 27.3 Å². The highest BCUT2D eigenvalue weighted by Gasteiger charge is 2.22. The topological polar surface area (TPSA) is 50.8 Å². The van der Waals surface area contributed by atoms with E-state index in [9.17, 15) is 4.79 Å². The summed E-state index contributed by atoms with van der Waals surface area (Å²) >= 11 is 0. The fraction of sp³-hybridized carbons (Fsp3) is 0.667. The summed E-state index contributed by atoms with van der Waals surface area (Å²) in [6, 6.07) is 3.86. The van der Waals surface area contributed by atoms with Crippen LogP contribution in [-0.4, -0.2) is 38.2 Å². The maximum Gasteiger partial charge on any atom is 0.317 e. The van der Waals surface area contributed by atoms with Gasteiger partial charge in [0.25, 0.3) is 0 Å². The lowest BCUT2D eigenvalue weighted by atomic mass is 9.96. The number of ether oxygens (including phenoxy) is 2. The molecular weight excluding hydrogens is 328 g/mol. The second-order valence-corrected chi connectivity index (χ2v) is 7.31. The highest BCUT2D eigenvalue weighted by Crippen LogP contribution is 2.33. The quantitative estimate of drug-likeness (QED) is 0.799. The molecule has 1 saturated heterocycles. The number of amides is 2. The van der Waals surface area contributed by atoms with Gasteiger partial charge < -0.3 is 19.7 Å². The standard InChI is InChI=1S/C21H34N2O3/c1-6-8-17-9-7-11-23(12-10-17)21(24)22-16(3)18-14-20(26-5)19(25-4)13-15(18)2/h13-14,16-17H,6-12H2,1-5H3,(H,22,24). The van der Waals surface area contributed by atoms with Crippen LogP contribution in [0.25, 0.3) is 0 Å². The van der Waals surface area contributed by atoms with Crippen molar-refractivity contribution in [3.05, 3.63) is 23.3 Å². The smallest absolute Gasteiger partial charge is 0.317 e. The second kappa shape index (κ2) is 9.70. The average Bonchev–Trinajstić information content (AvgIpc) is 2.87. The minimum absolute atomic E-state index is 0.0313. The minimum atomic E-state index is -0.0861. The number of likely N-dealkylation sites (tertiary alicyclic amines) is 1. The van der Waals surface area contributed by atoms with Gasteiger partial charge in [-0.15, -0.1) is 0 Å². The van der Waals surface area contributed by atoms with E-state index in [1.54, 1.807) is 14.2 Å². The van der Waals surface area contributed by atoms with E-state index in [1.165, 1.54) is 19.3 Å². The molecule has 1 aliphatic rings. The van der Waals surface area contributed by atoms with Crippen molar-refractivity contribution < 1.29 is 14.3 Å². The van der Waals surface area contributed by atoms with Crippen LogP contribution in [0, 0.1) is 12.8 Å². The van der Waals surface area contributed by atoms with Crippen molar-refractivity contribution >= 4 is 6.03 Å². The van der Waals surface area contributed by atoms with Crippen LogP contribution < -0.4 is 14.8 Å². The zero-order valence-corrected chi connectivity index (χ0v) is 16.9. The zero-order valence-electron chi connectivity index (χ0n) is 16.9. The normalized spacial score (nSPS) is 18.8. The van der Waals surface area contributed by atoms with Crippen molar-refractivity contribution in [2.45, 2.75) is 58.9 Å². The lowest BCUT2D eigenvalue weighted by Crippen LogP contribution is -2.41. The van der Waals surface area contributed by atoms with Crippen LogP contribution in [-0.2, 0) is 0 Å². The van der Waals surface area contributed by atoms with Crippen molar-refractivity contribution in [3.63, 3.8) is 0 Å². The van der Waals surface area contributed by atoms with Gasteiger partial charge in [0.15, 0.2) is 11.5 Å². The molecule has 1 fully saturated rings. The minimum Gasteiger partial charge on any atom is -0.493 e. The molecule has 0 aromatic heterocycles. The number of aryl methyl sites for hydroxylation is 1. The van der Waals surface area contributed by atoms with Gasteiger partial charge in [0.2, 0.25) is 0 Å². The largest absolute Gasteiger partial charge is 0.493 e. The molecule has 0 bridgehead atoms. The van der Waals surface area contributed by atoms with E-state index in [4.69, 9.17) is 9.47 Å². The Kier molecular flexibility index (Phi) is 7.61. The van der Waals surface area contributed by atoms with Gasteiger partial charge in [-0.05, 0) is 62.3 Å². The number of rotatable bonds is 6. The fourth-order valence-electron chi connectivity index (χ4n) is 3.88. The predicted molar refractivity (Wildman–Crippen MR) is 105 cm³/mol. The number of carbonyl (C=O) groups is 1. The maximum atomic E-state index is 12.7. The molecule has 146 valence electrons. The van der Waals surface area contributed by atoms with E-state index in [0.717, 1.165) is 43.0 Å². The third-order valence-electron chi connectivity index (χ3n) is 5.41. The van der Waals surface area contributed by atoms with Crippen LogP contribution in [0.1, 0.15) is 63.1 Å². The van der Waals surface area contributed by atoms with Gasteiger partial charge in [-0.3, -0.25) is 0 Å². The highest BCUT2D eigenvalue weighted by molar-refractivity contribution is 5.74. The molecule has 0 radical (unpaired) electrons. The van der Waals surface area contributed by atoms with E-state index in [2.05, 4.69) is 12.2 Å². The van der Waals surface area contributed by atoms with Crippen LogP contribution in [0.5, 0.6) is 11.5 Å². The van der Waals surface area contributed by atoms with E-state index in [0.29, 0.717) is 11.5 Å². The third-order valence-corrected chi connectivity index (χ3v) is 5.41. The van der Waals surface area contributed by atoms with Gasteiger partial charge in [0.1, 0.15) is 0 Å². The lowest BCUT2D eigenvalue weighted by molar-refractivity contribution is 0.195. The Labute approximate surface area is 158 Å². The van der Waals surface area contributed by atoms with E-state index in [-0.39, 0.29) is 12.1 Å². The van der Waals surface area contributed by atoms with Crippen molar-refractivity contribution in [1.29, 1.82) is 0 Å². The Hall–Kier alpha value is -1.91. The molecule has 2 amide bonds. The molecule has 5 heteroatoms. The first kappa shape index (κ1) is 20.4. The molecule has 0 aliphatic carbocycles. The van der Waals surface area contributed by atoms with Gasteiger partial charge >= 0.3 is 6.03 Å². The zero-order chi connectivity index (χ0) is 19.1. The number of hydrogen-bond acceptors (Lipinski definition) is 3. The highest BCUT2D eigenvalue weighted by atomic mass is 16.5. The Morgan fingerprint density at radius 3 is 2.58 bits per heavy atom. The molecule has 26 heavy (non-hydrogen) atoms. The van der Waals surface area contributed by atoms with Crippen LogP contribution in [0.4, 0.5) is 4.79 Å². The summed E-state index contributed by atoms with van der Waals surface area (Å²) in [4.78, 5) is 14.7. The molecule has 1 aromatic carbocycles. The monoisotopic (exact) mass is 362 g/mol. The predicted octanol–water partition coefficient (Wildman–Crippen LogP) is 4.69. The summed E-state index contributed by atoms with van der Waals surface area (Å²) in [6.45, 7) is 7.99. The number of nitrogens with zero attached hydrogens (tertiary/aromatic N) is 1. The fourth-order valence-corrected chi connectivity index (χ4v) is 3.88. The molecule has 1 aliphatic heterocycles. The van der Waals surface area contributed by atoms with Gasteiger partial charge in [-0.25, -0.2) is 4.79 Å². The summed E-state index contributed by atoms with van der Waals surface area (Å²) in [7, 11) is 3.26. The second-order valence-electron chi connectivity index (χ2n) is 7.31. The molecule has 2 unspecified atom stereocenters. The molecule has 5 nitrogen and oxygen atoms in total. The van der Waals surface area contributed by atoms with Crippen LogP contribution in [0.15, 0.2) is 12.1 Å². The number of urea groups is 1. The summed E-state index contributed by atoms with van der Waals surface area (Å²) in [5.74, 6) is 2.16. The van der Waals surface area contributed by atoms with Gasteiger partial charge in [0, 0.05) is 13.1 Å². The van der Waals surface area contributed by atoms with Gasteiger partial charge in [-0.2, -0.15) is 0 Å². The van der Waals surface area contributed by atoms with Crippen LogP contribution >= 0.6 is 0 Å². The Morgan fingerprint density at radius 1 is 1.23 bits per heavy atom. The molecule has 1 aromatic rings. The number of nitrogens with one attached hydrogen (secondary N) is 1. The summed E-state index contributed by atoms with van der Waals surface area (Å²) < 4.78 is 10.8. The molecule has 2 rings (SSSR count). The first-order valence-corrected chi connectivity index (χ1v) is 9.78. The Bertz CT molecular complexity index is 603. The summed E-state index contributed by atoms with van der Waals surface area (Å²) in [6.07, 6.45) is 5.96. The Balaban J connectivity index is 2.02. The van der Waals surface area contributed by atoms with Crippen molar-refractivity contribution in [1.82, 2.24) is 10.2 Å². The molecular formula is C21H34N2O3.